The minimum absolute atomic E-state index is 0.211. The van der Waals surface area contributed by atoms with Crippen molar-refractivity contribution in [1.29, 1.82) is 0 Å². The van der Waals surface area contributed by atoms with E-state index in [0.29, 0.717) is 12.8 Å². The molecule has 3 heterocycles. The maximum atomic E-state index is 12.4. The molecule has 2 aliphatic rings. The third-order valence-corrected chi connectivity index (χ3v) is 5.47. The van der Waals surface area contributed by atoms with Crippen molar-refractivity contribution in [3.8, 4) is 0 Å². The lowest BCUT2D eigenvalue weighted by atomic mass is 9.93. The quantitative estimate of drug-likeness (QED) is 0.835. The summed E-state index contributed by atoms with van der Waals surface area (Å²) < 4.78 is 42.6. The summed E-state index contributed by atoms with van der Waals surface area (Å²) in [6.07, 6.45) is -1.50. The van der Waals surface area contributed by atoms with Crippen molar-refractivity contribution >= 4 is 16.5 Å². The van der Waals surface area contributed by atoms with Gasteiger partial charge in [-0.2, -0.15) is 13.2 Å². The predicted molar refractivity (Wildman–Crippen MR) is 83.8 cm³/mol. The zero-order valence-corrected chi connectivity index (χ0v) is 13.8. The number of piperidine rings is 1. The van der Waals surface area contributed by atoms with Crippen LogP contribution in [0.1, 0.15) is 24.1 Å². The maximum absolute atomic E-state index is 12.4. The van der Waals surface area contributed by atoms with Gasteiger partial charge in [0.25, 0.3) is 0 Å². The molecule has 2 saturated heterocycles. The molecule has 2 aliphatic heterocycles. The Morgan fingerprint density at radius 3 is 2.52 bits per heavy atom. The highest BCUT2D eigenvalue weighted by Crippen LogP contribution is 2.32. The normalized spacial score (nSPS) is 21.8. The number of anilines is 1. The van der Waals surface area contributed by atoms with E-state index in [2.05, 4.69) is 14.8 Å². The maximum Gasteiger partial charge on any atom is 0.389 e. The van der Waals surface area contributed by atoms with E-state index in [1.54, 1.807) is 11.3 Å². The number of alkyl halides is 3. The predicted octanol–water partition coefficient (Wildman–Crippen LogP) is 3.14. The van der Waals surface area contributed by atoms with E-state index in [-0.39, 0.29) is 5.92 Å². The molecule has 3 rings (SSSR count). The molecule has 0 spiro atoms. The van der Waals surface area contributed by atoms with Crippen LogP contribution in [0, 0.1) is 5.92 Å². The highest BCUT2D eigenvalue weighted by atomic mass is 32.1. The second kappa shape index (κ2) is 7.36. The van der Waals surface area contributed by atoms with Crippen LogP contribution >= 0.6 is 11.3 Å². The van der Waals surface area contributed by atoms with Crippen molar-refractivity contribution in [2.45, 2.75) is 32.0 Å². The Bertz CT molecular complexity index is 494. The number of ether oxygens (including phenoxy) is 1. The Morgan fingerprint density at radius 2 is 1.87 bits per heavy atom. The van der Waals surface area contributed by atoms with Crippen LogP contribution in [0.2, 0.25) is 0 Å². The Morgan fingerprint density at radius 1 is 1.17 bits per heavy atom. The van der Waals surface area contributed by atoms with Crippen LogP contribution in [0.5, 0.6) is 0 Å². The van der Waals surface area contributed by atoms with Gasteiger partial charge in [0.1, 0.15) is 0 Å². The van der Waals surface area contributed by atoms with Crippen molar-refractivity contribution in [3.63, 3.8) is 0 Å². The molecule has 0 bridgehead atoms. The van der Waals surface area contributed by atoms with Crippen LogP contribution in [0.3, 0.4) is 0 Å². The van der Waals surface area contributed by atoms with E-state index in [1.807, 2.05) is 6.20 Å². The molecule has 8 heteroatoms. The number of hydrogen-bond acceptors (Lipinski definition) is 5. The average molecular weight is 349 g/mol. The van der Waals surface area contributed by atoms with Crippen LogP contribution in [-0.2, 0) is 11.3 Å². The lowest BCUT2D eigenvalue weighted by molar-refractivity contribution is -0.147. The lowest BCUT2D eigenvalue weighted by Gasteiger charge is -2.31. The fourth-order valence-corrected chi connectivity index (χ4v) is 4.17. The molecule has 0 unspecified atom stereocenters. The van der Waals surface area contributed by atoms with Crippen molar-refractivity contribution in [2.75, 3.05) is 44.3 Å². The first-order chi connectivity index (χ1) is 11.0. The fraction of sp³-hybridized carbons (Fsp3) is 0.800. The van der Waals surface area contributed by atoms with Gasteiger partial charge < -0.3 is 9.64 Å². The summed E-state index contributed by atoms with van der Waals surface area (Å²) in [6, 6.07) is 0. The molecular weight excluding hydrogens is 327 g/mol. The number of halogens is 3. The van der Waals surface area contributed by atoms with Gasteiger partial charge in [-0.25, -0.2) is 4.98 Å². The third kappa shape index (κ3) is 5.06. The zero-order chi connectivity index (χ0) is 16.3. The molecular formula is C15H22F3N3OS. The highest BCUT2D eigenvalue weighted by molar-refractivity contribution is 7.15. The van der Waals surface area contributed by atoms with E-state index >= 15 is 0 Å². The number of morpholine rings is 1. The standard InChI is InChI=1S/C15H22F3N3OS/c16-15(17,18)9-12-1-3-20(4-2-12)11-13-10-19-14(23-13)21-5-7-22-8-6-21/h10,12H,1-9,11H2. The molecule has 2 fully saturated rings. The van der Waals surface area contributed by atoms with E-state index in [1.165, 1.54) is 4.88 Å². The van der Waals surface area contributed by atoms with Gasteiger partial charge >= 0.3 is 6.18 Å². The topological polar surface area (TPSA) is 28.6 Å². The summed E-state index contributed by atoms with van der Waals surface area (Å²) >= 11 is 1.68. The number of thiazole rings is 1. The van der Waals surface area contributed by atoms with Gasteiger partial charge in [-0.05, 0) is 31.8 Å². The minimum Gasteiger partial charge on any atom is -0.378 e. The minimum atomic E-state index is -4.03. The van der Waals surface area contributed by atoms with Crippen molar-refractivity contribution in [3.05, 3.63) is 11.1 Å². The van der Waals surface area contributed by atoms with E-state index in [4.69, 9.17) is 4.74 Å². The molecule has 1 aromatic rings. The molecule has 4 nitrogen and oxygen atoms in total. The molecule has 0 N–H and O–H groups in total. The Balaban J connectivity index is 1.46. The number of likely N-dealkylation sites (tertiary alicyclic amines) is 1. The lowest BCUT2D eigenvalue weighted by Crippen LogP contribution is -2.36. The first kappa shape index (κ1) is 17.0. The number of rotatable bonds is 4. The second-order valence-corrected chi connectivity index (χ2v) is 7.34. The summed E-state index contributed by atoms with van der Waals surface area (Å²) in [5.74, 6) is -0.211. The summed E-state index contributed by atoms with van der Waals surface area (Å²) in [5.41, 5.74) is 0. The van der Waals surface area contributed by atoms with Gasteiger partial charge in [0, 0.05) is 37.1 Å². The van der Waals surface area contributed by atoms with Crippen molar-refractivity contribution < 1.29 is 17.9 Å². The molecule has 1 aromatic heterocycles. The first-order valence-electron chi connectivity index (χ1n) is 8.06. The third-order valence-electron chi connectivity index (χ3n) is 4.43. The average Bonchev–Trinajstić information content (AvgIpc) is 2.97. The number of hydrogen-bond donors (Lipinski definition) is 0. The molecule has 130 valence electrons. The van der Waals surface area contributed by atoms with Crippen LogP contribution in [0.4, 0.5) is 18.3 Å². The van der Waals surface area contributed by atoms with E-state index in [0.717, 1.165) is 51.1 Å². The van der Waals surface area contributed by atoms with Crippen LogP contribution in [-0.4, -0.2) is 55.5 Å². The largest absolute Gasteiger partial charge is 0.389 e. The molecule has 0 atom stereocenters. The van der Waals surface area contributed by atoms with Crippen LogP contribution < -0.4 is 4.90 Å². The summed E-state index contributed by atoms with van der Waals surface area (Å²) in [5, 5.41) is 1.02. The number of aromatic nitrogens is 1. The van der Waals surface area contributed by atoms with Crippen LogP contribution in [0.25, 0.3) is 0 Å². The summed E-state index contributed by atoms with van der Waals surface area (Å²) in [7, 11) is 0. The van der Waals surface area contributed by atoms with Gasteiger partial charge in [0.2, 0.25) is 0 Å². The Labute approximate surface area is 138 Å². The smallest absolute Gasteiger partial charge is 0.378 e. The summed E-state index contributed by atoms with van der Waals surface area (Å²) in [6.45, 7) is 5.49. The molecule has 0 saturated carbocycles. The zero-order valence-electron chi connectivity index (χ0n) is 13.0. The monoisotopic (exact) mass is 349 g/mol. The fourth-order valence-electron chi connectivity index (χ4n) is 3.17. The van der Waals surface area contributed by atoms with Gasteiger partial charge in [-0.1, -0.05) is 0 Å². The molecule has 0 radical (unpaired) electrons. The second-order valence-electron chi connectivity index (χ2n) is 6.25. The molecule has 23 heavy (non-hydrogen) atoms. The van der Waals surface area contributed by atoms with Gasteiger partial charge in [-0.15, -0.1) is 11.3 Å². The van der Waals surface area contributed by atoms with Gasteiger partial charge in [-0.3, -0.25) is 4.90 Å². The Kier molecular flexibility index (Phi) is 5.43. The SMILES string of the molecule is FC(F)(F)CC1CCN(Cc2cnc(N3CCOCC3)s2)CC1. The number of nitrogens with zero attached hydrogens (tertiary/aromatic N) is 3. The van der Waals surface area contributed by atoms with Crippen molar-refractivity contribution in [2.24, 2.45) is 5.92 Å². The van der Waals surface area contributed by atoms with Gasteiger partial charge in [0.15, 0.2) is 5.13 Å². The van der Waals surface area contributed by atoms with Gasteiger partial charge in [0.05, 0.1) is 13.2 Å². The Hall–Kier alpha value is -0.860. The summed E-state index contributed by atoms with van der Waals surface area (Å²) in [4.78, 5) is 10.1. The molecule has 0 amide bonds. The van der Waals surface area contributed by atoms with Crippen molar-refractivity contribution in [1.82, 2.24) is 9.88 Å². The highest BCUT2D eigenvalue weighted by Gasteiger charge is 2.33. The molecule has 0 aliphatic carbocycles. The van der Waals surface area contributed by atoms with E-state index < -0.39 is 12.6 Å². The van der Waals surface area contributed by atoms with E-state index in [9.17, 15) is 13.2 Å². The molecule has 0 aromatic carbocycles. The first-order valence-corrected chi connectivity index (χ1v) is 8.88. The van der Waals surface area contributed by atoms with Crippen LogP contribution in [0.15, 0.2) is 6.20 Å².